The fourth-order valence-corrected chi connectivity index (χ4v) is 3.35. The van der Waals surface area contributed by atoms with Gasteiger partial charge in [0.05, 0.1) is 35.4 Å². The highest BCUT2D eigenvalue weighted by Gasteiger charge is 2.21. The molecular weight excluding hydrogens is 460 g/mol. The Morgan fingerprint density at radius 3 is 1.80 bits per heavy atom. The van der Waals surface area contributed by atoms with Gasteiger partial charge in [0, 0.05) is 10.0 Å². The van der Waals surface area contributed by atoms with Gasteiger partial charge in [-0.3, -0.25) is 4.79 Å². The third-order valence-corrected chi connectivity index (χ3v) is 4.37. The van der Waals surface area contributed by atoms with Crippen LogP contribution in [0.2, 0.25) is 0 Å². The van der Waals surface area contributed by atoms with E-state index in [1.807, 2.05) is 0 Å². The van der Waals surface area contributed by atoms with Crippen molar-refractivity contribution in [2.75, 3.05) is 14.2 Å². The molecule has 8 heteroatoms. The Hall–Kier alpha value is -2.19. The summed E-state index contributed by atoms with van der Waals surface area (Å²) in [5.41, 5.74) is 0.0623. The average Bonchev–Trinajstić information content (AvgIpc) is 2.62. The molecular formula is C17H12Br2O6. The molecule has 0 amide bonds. The van der Waals surface area contributed by atoms with E-state index in [0.29, 0.717) is 8.95 Å². The molecule has 0 aromatic heterocycles. The highest BCUT2D eigenvalue weighted by atomic mass is 79.9. The Kier molecular flexibility index (Phi) is 5.97. The van der Waals surface area contributed by atoms with Crippen molar-refractivity contribution in [1.82, 2.24) is 0 Å². The number of carbonyl (C=O) groups excluding carboxylic acids is 3. The van der Waals surface area contributed by atoms with Crippen LogP contribution in [-0.2, 0) is 9.47 Å². The molecule has 130 valence electrons. The van der Waals surface area contributed by atoms with E-state index >= 15 is 0 Å². The molecule has 0 spiro atoms. The second-order valence-electron chi connectivity index (χ2n) is 4.90. The zero-order chi connectivity index (χ0) is 18.7. The first-order valence-corrected chi connectivity index (χ1v) is 8.41. The van der Waals surface area contributed by atoms with Gasteiger partial charge in [0.2, 0.25) is 0 Å². The van der Waals surface area contributed by atoms with E-state index in [9.17, 15) is 19.5 Å². The average molecular weight is 472 g/mol. The van der Waals surface area contributed by atoms with Crippen LogP contribution in [0.15, 0.2) is 39.3 Å². The number of ether oxygens (including phenoxy) is 2. The third kappa shape index (κ3) is 4.08. The number of phenolic OH excluding ortho intramolecular Hbond substituents is 1. The van der Waals surface area contributed by atoms with Crippen molar-refractivity contribution in [1.29, 1.82) is 0 Å². The summed E-state index contributed by atoms with van der Waals surface area (Å²) in [5.74, 6) is -2.24. The van der Waals surface area contributed by atoms with Gasteiger partial charge in [0.25, 0.3) is 0 Å². The fourth-order valence-electron chi connectivity index (χ4n) is 2.12. The zero-order valence-corrected chi connectivity index (χ0v) is 16.3. The second kappa shape index (κ2) is 7.79. The molecule has 6 nitrogen and oxygen atoms in total. The van der Waals surface area contributed by atoms with Crippen LogP contribution in [0, 0.1) is 0 Å². The second-order valence-corrected chi connectivity index (χ2v) is 6.67. The van der Waals surface area contributed by atoms with Crippen LogP contribution in [0.3, 0.4) is 0 Å². The number of phenols is 1. The first-order chi connectivity index (χ1) is 11.8. The molecule has 0 unspecified atom stereocenters. The van der Waals surface area contributed by atoms with Gasteiger partial charge in [0.15, 0.2) is 5.78 Å². The van der Waals surface area contributed by atoms with E-state index in [2.05, 4.69) is 41.3 Å². The highest BCUT2D eigenvalue weighted by Crippen LogP contribution is 2.33. The molecule has 2 aromatic rings. The van der Waals surface area contributed by atoms with Crippen LogP contribution >= 0.6 is 31.9 Å². The molecule has 0 radical (unpaired) electrons. The van der Waals surface area contributed by atoms with Crippen LogP contribution in [0.4, 0.5) is 0 Å². The summed E-state index contributed by atoms with van der Waals surface area (Å²) in [6, 6.07) is 6.86. The van der Waals surface area contributed by atoms with Crippen LogP contribution in [0.1, 0.15) is 36.6 Å². The van der Waals surface area contributed by atoms with Crippen molar-refractivity contribution in [2.24, 2.45) is 0 Å². The number of hydrogen-bond donors (Lipinski definition) is 1. The molecule has 0 heterocycles. The van der Waals surface area contributed by atoms with E-state index in [0.717, 1.165) is 0 Å². The molecule has 0 atom stereocenters. The Labute approximate surface area is 160 Å². The third-order valence-electron chi connectivity index (χ3n) is 3.31. The number of hydrogen-bond acceptors (Lipinski definition) is 6. The first kappa shape index (κ1) is 19.1. The van der Waals surface area contributed by atoms with Gasteiger partial charge >= 0.3 is 11.9 Å². The zero-order valence-electron chi connectivity index (χ0n) is 13.1. The number of esters is 2. The quantitative estimate of drug-likeness (QED) is 0.539. The molecule has 25 heavy (non-hydrogen) atoms. The minimum atomic E-state index is -0.709. The van der Waals surface area contributed by atoms with Crippen molar-refractivity contribution in [3.8, 4) is 5.75 Å². The maximum Gasteiger partial charge on any atom is 0.337 e. The molecule has 2 aromatic carbocycles. The lowest BCUT2D eigenvalue weighted by Crippen LogP contribution is -2.11. The summed E-state index contributed by atoms with van der Waals surface area (Å²) in [4.78, 5) is 36.4. The number of halogens is 2. The van der Waals surface area contributed by atoms with Crippen molar-refractivity contribution in [3.05, 3.63) is 61.5 Å². The highest BCUT2D eigenvalue weighted by molar-refractivity contribution is 9.11. The summed E-state index contributed by atoms with van der Waals surface area (Å²) >= 11 is 6.40. The lowest BCUT2D eigenvalue weighted by Gasteiger charge is -2.10. The molecule has 0 bridgehead atoms. The van der Waals surface area contributed by atoms with E-state index in [4.69, 9.17) is 0 Å². The molecule has 0 aliphatic carbocycles. The predicted molar refractivity (Wildman–Crippen MR) is 96.1 cm³/mol. The van der Waals surface area contributed by atoms with Gasteiger partial charge in [-0.25, -0.2) is 9.59 Å². The lowest BCUT2D eigenvalue weighted by molar-refractivity contribution is 0.0599. The Morgan fingerprint density at radius 2 is 1.32 bits per heavy atom. The van der Waals surface area contributed by atoms with Crippen molar-refractivity contribution < 1.29 is 29.0 Å². The minimum absolute atomic E-state index is 0.000850. The number of rotatable bonds is 4. The molecule has 0 saturated carbocycles. The van der Waals surface area contributed by atoms with E-state index < -0.39 is 17.7 Å². The van der Waals surface area contributed by atoms with E-state index in [1.165, 1.54) is 38.5 Å². The fraction of sp³-hybridized carbons (Fsp3) is 0.118. The van der Waals surface area contributed by atoms with Crippen molar-refractivity contribution in [2.45, 2.75) is 0 Å². The van der Waals surface area contributed by atoms with Gasteiger partial charge in [0.1, 0.15) is 5.75 Å². The van der Waals surface area contributed by atoms with Crippen molar-refractivity contribution >= 4 is 49.6 Å². The molecule has 0 aliphatic rings. The van der Waals surface area contributed by atoms with E-state index in [1.54, 1.807) is 6.07 Å². The standard InChI is InChI=1S/C17H12Br2O6/c1-24-16(22)9-3-8(4-10(5-9)17(23)25-2)14(20)12-6-11(18)7-13(19)15(12)21/h3-7,21H,1-2H3. The van der Waals surface area contributed by atoms with E-state index in [-0.39, 0.29) is 28.0 Å². The normalized spacial score (nSPS) is 10.2. The summed E-state index contributed by atoms with van der Waals surface area (Å²) < 4.78 is 10.2. The Balaban J connectivity index is 2.63. The topological polar surface area (TPSA) is 89.9 Å². The molecule has 0 fully saturated rings. The van der Waals surface area contributed by atoms with Gasteiger partial charge in [-0.15, -0.1) is 0 Å². The molecule has 0 saturated heterocycles. The molecule has 1 N–H and O–H groups in total. The smallest absolute Gasteiger partial charge is 0.337 e. The summed E-state index contributed by atoms with van der Waals surface area (Å²) in [6.45, 7) is 0. The van der Waals surface area contributed by atoms with Crippen LogP contribution in [-0.4, -0.2) is 37.0 Å². The number of aromatic hydroxyl groups is 1. The maximum atomic E-state index is 12.8. The first-order valence-electron chi connectivity index (χ1n) is 6.83. The minimum Gasteiger partial charge on any atom is -0.506 e. The largest absolute Gasteiger partial charge is 0.506 e. The SMILES string of the molecule is COC(=O)c1cc(C(=O)OC)cc(C(=O)c2cc(Br)cc(Br)c2O)c1. The molecule has 2 rings (SSSR count). The predicted octanol–water partition coefficient (Wildman–Crippen LogP) is 3.72. The van der Waals surface area contributed by atoms with Gasteiger partial charge in [-0.1, -0.05) is 15.9 Å². The summed E-state index contributed by atoms with van der Waals surface area (Å²) in [5, 5.41) is 10.1. The van der Waals surface area contributed by atoms with Crippen LogP contribution < -0.4 is 0 Å². The van der Waals surface area contributed by atoms with Crippen molar-refractivity contribution in [3.63, 3.8) is 0 Å². The number of carbonyl (C=O) groups is 3. The summed E-state index contributed by atoms with van der Waals surface area (Å²) in [6.07, 6.45) is 0. The van der Waals surface area contributed by atoms with Gasteiger partial charge in [-0.05, 0) is 46.3 Å². The number of methoxy groups -OCH3 is 2. The number of ketones is 1. The van der Waals surface area contributed by atoms with Crippen LogP contribution in [0.5, 0.6) is 5.75 Å². The van der Waals surface area contributed by atoms with Gasteiger partial charge < -0.3 is 14.6 Å². The summed E-state index contributed by atoms with van der Waals surface area (Å²) in [7, 11) is 2.37. The Bertz CT molecular complexity index is 841. The Morgan fingerprint density at radius 1 is 0.840 bits per heavy atom. The monoisotopic (exact) mass is 470 g/mol. The molecule has 0 aliphatic heterocycles. The lowest BCUT2D eigenvalue weighted by atomic mass is 9.98. The number of benzene rings is 2. The van der Waals surface area contributed by atoms with Crippen LogP contribution in [0.25, 0.3) is 0 Å². The van der Waals surface area contributed by atoms with Gasteiger partial charge in [-0.2, -0.15) is 0 Å². The maximum absolute atomic E-state index is 12.8.